The van der Waals surface area contributed by atoms with Crippen LogP contribution in [0, 0.1) is 5.41 Å². The van der Waals surface area contributed by atoms with Crippen LogP contribution in [0.2, 0.25) is 0 Å². The van der Waals surface area contributed by atoms with Crippen LogP contribution in [0.4, 0.5) is 0 Å². The van der Waals surface area contributed by atoms with Crippen LogP contribution in [0.5, 0.6) is 0 Å². The predicted octanol–water partition coefficient (Wildman–Crippen LogP) is 3.42. The van der Waals surface area contributed by atoms with Crippen LogP contribution < -0.4 is 5.32 Å². The van der Waals surface area contributed by atoms with Crippen molar-refractivity contribution in [1.29, 1.82) is 0 Å². The monoisotopic (exact) mass is 249 g/mol. The fraction of sp³-hybridized carbons (Fsp3) is 0.875. The van der Waals surface area contributed by atoms with Crippen molar-refractivity contribution in [2.45, 2.75) is 76.5 Å². The zero-order valence-corrected chi connectivity index (χ0v) is 11.7. The average molecular weight is 249 g/mol. The lowest BCUT2D eigenvalue weighted by Crippen LogP contribution is -2.64. The molecule has 3 aliphatic rings. The van der Waals surface area contributed by atoms with E-state index >= 15 is 0 Å². The summed E-state index contributed by atoms with van der Waals surface area (Å²) in [5.74, 6) is 0. The largest absolute Gasteiger partial charge is 0.378 e. The van der Waals surface area contributed by atoms with Crippen molar-refractivity contribution < 1.29 is 4.74 Å². The minimum Gasteiger partial charge on any atom is -0.378 e. The second kappa shape index (κ2) is 5.34. The van der Waals surface area contributed by atoms with Gasteiger partial charge in [0.1, 0.15) is 0 Å². The van der Waals surface area contributed by atoms with Crippen molar-refractivity contribution in [2.75, 3.05) is 6.61 Å². The van der Waals surface area contributed by atoms with Gasteiger partial charge in [-0.25, -0.2) is 0 Å². The maximum Gasteiger partial charge on any atom is 0.0661 e. The molecule has 0 aliphatic heterocycles. The SMILES string of the molecule is CCOC1CC(NC2CC=CCC2)C12CCCC2. The third kappa shape index (κ3) is 2.14. The van der Waals surface area contributed by atoms with Crippen LogP contribution in [0.1, 0.15) is 58.3 Å². The van der Waals surface area contributed by atoms with Gasteiger partial charge in [-0.05, 0) is 45.4 Å². The summed E-state index contributed by atoms with van der Waals surface area (Å²) in [5.41, 5.74) is 0.497. The van der Waals surface area contributed by atoms with E-state index in [9.17, 15) is 0 Å². The first-order valence-electron chi connectivity index (χ1n) is 7.88. The van der Waals surface area contributed by atoms with Gasteiger partial charge in [-0.1, -0.05) is 25.0 Å². The summed E-state index contributed by atoms with van der Waals surface area (Å²) in [5, 5.41) is 3.95. The highest BCUT2D eigenvalue weighted by molar-refractivity contribution is 5.11. The number of rotatable bonds is 4. The van der Waals surface area contributed by atoms with Gasteiger partial charge in [0, 0.05) is 24.1 Å². The lowest BCUT2D eigenvalue weighted by atomic mass is 9.60. The van der Waals surface area contributed by atoms with Gasteiger partial charge in [-0.2, -0.15) is 0 Å². The average Bonchev–Trinajstić information content (AvgIpc) is 2.91. The Morgan fingerprint density at radius 1 is 1.28 bits per heavy atom. The van der Waals surface area contributed by atoms with E-state index in [4.69, 9.17) is 4.74 Å². The molecule has 3 aliphatic carbocycles. The Hall–Kier alpha value is -0.340. The maximum absolute atomic E-state index is 5.98. The first-order valence-corrected chi connectivity index (χ1v) is 7.88. The standard InChI is InChI=1S/C16H27NO/c1-2-18-15-12-14(16(15)10-6-7-11-16)17-13-8-4-3-5-9-13/h3-4,13-15,17H,2,5-12H2,1H3. The Balaban J connectivity index is 1.60. The van der Waals surface area contributed by atoms with Crippen LogP contribution in [-0.4, -0.2) is 24.8 Å². The molecule has 2 fully saturated rings. The molecule has 0 aromatic carbocycles. The summed E-state index contributed by atoms with van der Waals surface area (Å²) in [6, 6.07) is 1.45. The molecular formula is C16H27NO. The Bertz CT molecular complexity index is 306. The van der Waals surface area contributed by atoms with Crippen molar-refractivity contribution in [2.24, 2.45) is 5.41 Å². The molecule has 3 rings (SSSR count). The van der Waals surface area contributed by atoms with Gasteiger partial charge in [-0.15, -0.1) is 0 Å². The first kappa shape index (κ1) is 12.7. The van der Waals surface area contributed by atoms with E-state index in [-0.39, 0.29) is 0 Å². The van der Waals surface area contributed by atoms with Gasteiger partial charge in [-0.3, -0.25) is 0 Å². The first-order chi connectivity index (χ1) is 8.85. The topological polar surface area (TPSA) is 21.3 Å². The highest BCUT2D eigenvalue weighted by Crippen LogP contribution is 2.55. The van der Waals surface area contributed by atoms with Crippen molar-refractivity contribution in [1.82, 2.24) is 5.32 Å². The van der Waals surface area contributed by atoms with Gasteiger partial charge >= 0.3 is 0 Å². The van der Waals surface area contributed by atoms with E-state index in [0.29, 0.717) is 11.5 Å². The van der Waals surface area contributed by atoms with Gasteiger partial charge in [0.2, 0.25) is 0 Å². The molecule has 3 atom stereocenters. The zero-order valence-electron chi connectivity index (χ0n) is 11.7. The molecule has 1 N–H and O–H groups in total. The van der Waals surface area contributed by atoms with E-state index in [1.165, 1.54) is 51.4 Å². The van der Waals surface area contributed by atoms with E-state index in [2.05, 4.69) is 24.4 Å². The van der Waals surface area contributed by atoms with Crippen LogP contribution in [-0.2, 0) is 4.74 Å². The summed E-state index contributed by atoms with van der Waals surface area (Å²) in [6.45, 7) is 3.01. The van der Waals surface area contributed by atoms with Crippen LogP contribution in [0.15, 0.2) is 12.2 Å². The molecule has 3 unspecified atom stereocenters. The molecule has 1 spiro atoms. The number of hydrogen-bond acceptors (Lipinski definition) is 2. The molecule has 0 radical (unpaired) electrons. The molecule has 18 heavy (non-hydrogen) atoms. The van der Waals surface area contributed by atoms with E-state index in [1.807, 2.05) is 0 Å². The van der Waals surface area contributed by atoms with Crippen molar-refractivity contribution in [3.63, 3.8) is 0 Å². The number of nitrogens with one attached hydrogen (secondary N) is 1. The molecule has 2 heteroatoms. The summed E-state index contributed by atoms with van der Waals surface area (Å²) in [6.07, 6.45) is 15.9. The Kier molecular flexibility index (Phi) is 3.76. The smallest absolute Gasteiger partial charge is 0.0661 e. The molecule has 0 amide bonds. The summed E-state index contributed by atoms with van der Waals surface area (Å²) in [4.78, 5) is 0. The highest BCUT2D eigenvalue weighted by atomic mass is 16.5. The van der Waals surface area contributed by atoms with Crippen molar-refractivity contribution >= 4 is 0 Å². The molecule has 0 heterocycles. The third-order valence-corrected chi connectivity index (χ3v) is 5.39. The molecule has 0 saturated heterocycles. The molecule has 0 aromatic heterocycles. The quantitative estimate of drug-likeness (QED) is 0.771. The molecule has 2 nitrogen and oxygen atoms in total. The van der Waals surface area contributed by atoms with Gasteiger partial charge in [0.05, 0.1) is 6.10 Å². The number of allylic oxidation sites excluding steroid dienone is 1. The summed E-state index contributed by atoms with van der Waals surface area (Å²) in [7, 11) is 0. The molecular weight excluding hydrogens is 222 g/mol. The van der Waals surface area contributed by atoms with Crippen molar-refractivity contribution in [3.8, 4) is 0 Å². The fourth-order valence-corrected chi connectivity index (χ4v) is 4.35. The minimum absolute atomic E-state index is 0.497. The van der Waals surface area contributed by atoms with Crippen LogP contribution in [0.3, 0.4) is 0 Å². The molecule has 0 bridgehead atoms. The summed E-state index contributed by atoms with van der Waals surface area (Å²) >= 11 is 0. The Labute approximate surface area is 111 Å². The molecule has 102 valence electrons. The van der Waals surface area contributed by atoms with Gasteiger partial charge in [0.25, 0.3) is 0 Å². The lowest BCUT2D eigenvalue weighted by Gasteiger charge is -2.55. The minimum atomic E-state index is 0.497. The normalized spacial score (nSPS) is 37.9. The van der Waals surface area contributed by atoms with E-state index in [0.717, 1.165) is 18.7 Å². The van der Waals surface area contributed by atoms with Crippen LogP contribution in [0.25, 0.3) is 0 Å². The second-order valence-corrected chi connectivity index (χ2v) is 6.32. The number of hydrogen-bond donors (Lipinski definition) is 1. The summed E-state index contributed by atoms with van der Waals surface area (Å²) < 4.78 is 5.98. The Morgan fingerprint density at radius 2 is 2.11 bits per heavy atom. The Morgan fingerprint density at radius 3 is 2.78 bits per heavy atom. The maximum atomic E-state index is 5.98. The van der Waals surface area contributed by atoms with E-state index in [1.54, 1.807) is 0 Å². The predicted molar refractivity (Wildman–Crippen MR) is 74.6 cm³/mol. The van der Waals surface area contributed by atoms with Gasteiger partial charge in [0.15, 0.2) is 0 Å². The van der Waals surface area contributed by atoms with Gasteiger partial charge < -0.3 is 10.1 Å². The highest BCUT2D eigenvalue weighted by Gasteiger charge is 2.56. The van der Waals surface area contributed by atoms with E-state index < -0.39 is 0 Å². The van der Waals surface area contributed by atoms with Crippen LogP contribution >= 0.6 is 0 Å². The number of ether oxygens (including phenoxy) is 1. The van der Waals surface area contributed by atoms with Crippen molar-refractivity contribution in [3.05, 3.63) is 12.2 Å². The molecule has 0 aromatic rings. The fourth-order valence-electron chi connectivity index (χ4n) is 4.35. The zero-order chi connectivity index (χ0) is 12.4. The third-order valence-electron chi connectivity index (χ3n) is 5.39. The molecule has 2 saturated carbocycles. The second-order valence-electron chi connectivity index (χ2n) is 6.32. The lowest BCUT2D eigenvalue weighted by molar-refractivity contribution is -0.132.